The van der Waals surface area contributed by atoms with Crippen LogP contribution < -0.4 is 14.8 Å². The predicted molar refractivity (Wildman–Crippen MR) is 80.6 cm³/mol. The average Bonchev–Trinajstić information content (AvgIpc) is 2.95. The van der Waals surface area contributed by atoms with Crippen LogP contribution in [0, 0.1) is 0 Å². The van der Waals surface area contributed by atoms with Crippen molar-refractivity contribution in [3.63, 3.8) is 0 Å². The van der Waals surface area contributed by atoms with E-state index >= 15 is 0 Å². The molecule has 0 saturated heterocycles. The number of likely N-dealkylation sites (N-methyl/N-ethyl adjacent to an activating group) is 1. The van der Waals surface area contributed by atoms with Gasteiger partial charge in [0.05, 0.1) is 4.47 Å². The molecule has 0 aliphatic carbocycles. The summed E-state index contributed by atoms with van der Waals surface area (Å²) in [6, 6.07) is 4.05. The Labute approximate surface area is 131 Å². The molecule has 1 aromatic carbocycles. The van der Waals surface area contributed by atoms with Gasteiger partial charge in [0.25, 0.3) is 5.89 Å². The van der Waals surface area contributed by atoms with Gasteiger partial charge in [0, 0.05) is 18.0 Å². The molecule has 0 bridgehead atoms. The zero-order chi connectivity index (χ0) is 14.8. The summed E-state index contributed by atoms with van der Waals surface area (Å²) in [5, 5.41) is 7.16. The first-order valence-electron chi connectivity index (χ1n) is 6.76. The largest absolute Gasteiger partial charge is 0.486 e. The third-order valence-electron chi connectivity index (χ3n) is 3.29. The zero-order valence-electron chi connectivity index (χ0n) is 11.9. The van der Waals surface area contributed by atoms with Crippen LogP contribution in [0.25, 0.3) is 11.5 Å². The monoisotopic (exact) mass is 353 g/mol. The second-order valence-corrected chi connectivity index (χ2v) is 5.75. The van der Waals surface area contributed by atoms with E-state index < -0.39 is 0 Å². The molecule has 1 atom stereocenters. The van der Waals surface area contributed by atoms with Crippen molar-refractivity contribution in [3.8, 4) is 23.0 Å². The molecule has 1 unspecified atom stereocenters. The Bertz CT molecular complexity index is 644. The van der Waals surface area contributed by atoms with Crippen LogP contribution in [-0.2, 0) is 6.42 Å². The van der Waals surface area contributed by atoms with E-state index in [1.807, 2.05) is 19.2 Å². The van der Waals surface area contributed by atoms with Crippen LogP contribution >= 0.6 is 15.9 Å². The summed E-state index contributed by atoms with van der Waals surface area (Å²) in [4.78, 5) is 4.42. The number of aromatic nitrogens is 2. The molecule has 1 aromatic heterocycles. The zero-order valence-corrected chi connectivity index (χ0v) is 13.4. The Morgan fingerprint density at radius 2 is 2.14 bits per heavy atom. The van der Waals surface area contributed by atoms with Crippen molar-refractivity contribution >= 4 is 15.9 Å². The first-order chi connectivity index (χ1) is 10.2. The van der Waals surface area contributed by atoms with Gasteiger partial charge in [0.2, 0.25) is 0 Å². The summed E-state index contributed by atoms with van der Waals surface area (Å²) < 4.78 is 17.3. The molecule has 1 aliphatic heterocycles. The lowest BCUT2D eigenvalue weighted by Gasteiger charge is -2.19. The topological polar surface area (TPSA) is 69.4 Å². The first kappa shape index (κ1) is 14.3. The number of hydrogen-bond acceptors (Lipinski definition) is 6. The van der Waals surface area contributed by atoms with Crippen LogP contribution in [0.3, 0.4) is 0 Å². The van der Waals surface area contributed by atoms with Gasteiger partial charge in [-0.2, -0.15) is 4.98 Å². The number of halogens is 1. The van der Waals surface area contributed by atoms with E-state index in [1.165, 1.54) is 0 Å². The van der Waals surface area contributed by atoms with Crippen LogP contribution in [0.15, 0.2) is 21.1 Å². The Balaban J connectivity index is 1.88. The summed E-state index contributed by atoms with van der Waals surface area (Å²) in [7, 11) is 1.91. The molecule has 1 N–H and O–H groups in total. The fourth-order valence-electron chi connectivity index (χ4n) is 2.06. The summed E-state index contributed by atoms with van der Waals surface area (Å²) in [6.45, 7) is 3.16. The standard InChI is InChI=1S/C14H16BrN3O3/c1-8(16-2)5-12-17-14(21-18-12)9-6-10(15)13-11(7-9)19-3-4-20-13/h6-8,16H,3-5H2,1-2H3. The van der Waals surface area contributed by atoms with Crippen LogP contribution in [-0.4, -0.2) is 36.4 Å². The molecule has 1 aliphatic rings. The van der Waals surface area contributed by atoms with E-state index in [2.05, 4.69) is 38.3 Å². The van der Waals surface area contributed by atoms with Crippen LogP contribution in [0.2, 0.25) is 0 Å². The maximum atomic E-state index is 5.60. The molecule has 6 nitrogen and oxygen atoms in total. The fourth-order valence-corrected chi connectivity index (χ4v) is 2.62. The summed E-state index contributed by atoms with van der Waals surface area (Å²) in [5.41, 5.74) is 0.807. The molecule has 21 heavy (non-hydrogen) atoms. The van der Waals surface area contributed by atoms with Gasteiger partial charge in [0.1, 0.15) is 13.2 Å². The maximum absolute atomic E-state index is 5.60. The lowest BCUT2D eigenvalue weighted by atomic mass is 10.2. The minimum atomic E-state index is 0.294. The third-order valence-corrected chi connectivity index (χ3v) is 3.88. The molecular formula is C14H16BrN3O3. The number of ether oxygens (including phenoxy) is 2. The summed E-state index contributed by atoms with van der Waals surface area (Å²) in [6.07, 6.45) is 0.714. The van der Waals surface area contributed by atoms with Gasteiger partial charge >= 0.3 is 0 Å². The smallest absolute Gasteiger partial charge is 0.258 e. The number of nitrogens with one attached hydrogen (secondary N) is 1. The van der Waals surface area contributed by atoms with Crippen molar-refractivity contribution in [1.29, 1.82) is 0 Å². The number of nitrogens with zero attached hydrogens (tertiary/aromatic N) is 2. The number of fused-ring (bicyclic) bond motifs is 1. The van der Waals surface area contributed by atoms with Gasteiger partial charge in [-0.05, 0) is 42.0 Å². The van der Waals surface area contributed by atoms with Crippen molar-refractivity contribution in [2.24, 2.45) is 0 Å². The van der Waals surface area contributed by atoms with E-state index in [1.54, 1.807) is 0 Å². The van der Waals surface area contributed by atoms with Crippen LogP contribution in [0.4, 0.5) is 0 Å². The molecule has 3 rings (SSSR count). The Morgan fingerprint density at radius 1 is 1.33 bits per heavy atom. The lowest BCUT2D eigenvalue weighted by molar-refractivity contribution is 0.170. The molecule has 7 heteroatoms. The van der Waals surface area contributed by atoms with Crippen LogP contribution in [0.5, 0.6) is 11.5 Å². The van der Waals surface area contributed by atoms with Crippen molar-refractivity contribution in [3.05, 3.63) is 22.4 Å². The van der Waals surface area contributed by atoms with Crippen molar-refractivity contribution < 1.29 is 14.0 Å². The highest BCUT2D eigenvalue weighted by atomic mass is 79.9. The first-order valence-corrected chi connectivity index (χ1v) is 7.56. The van der Waals surface area contributed by atoms with Gasteiger partial charge < -0.3 is 19.3 Å². The Kier molecular flexibility index (Phi) is 4.12. The van der Waals surface area contributed by atoms with E-state index in [0.29, 0.717) is 48.9 Å². The molecular weight excluding hydrogens is 338 g/mol. The molecule has 0 saturated carbocycles. The fraction of sp³-hybridized carbons (Fsp3) is 0.429. The van der Waals surface area contributed by atoms with E-state index in [0.717, 1.165) is 10.0 Å². The van der Waals surface area contributed by atoms with Gasteiger partial charge in [0.15, 0.2) is 17.3 Å². The van der Waals surface area contributed by atoms with Gasteiger partial charge in [-0.15, -0.1) is 0 Å². The SMILES string of the molecule is CNC(C)Cc1noc(-c2cc(Br)c3c(c2)OCCO3)n1. The quantitative estimate of drug-likeness (QED) is 0.910. The van der Waals surface area contributed by atoms with E-state index in [9.17, 15) is 0 Å². The highest BCUT2D eigenvalue weighted by molar-refractivity contribution is 9.10. The lowest BCUT2D eigenvalue weighted by Crippen LogP contribution is -2.24. The summed E-state index contributed by atoms with van der Waals surface area (Å²) in [5.74, 6) is 2.56. The second-order valence-electron chi connectivity index (χ2n) is 4.89. The second kappa shape index (κ2) is 6.03. The Morgan fingerprint density at radius 3 is 2.95 bits per heavy atom. The van der Waals surface area contributed by atoms with E-state index in [4.69, 9.17) is 14.0 Å². The number of benzene rings is 1. The molecule has 0 amide bonds. The predicted octanol–water partition coefficient (Wildman–Crippen LogP) is 2.42. The molecule has 0 spiro atoms. The van der Waals surface area contributed by atoms with Crippen LogP contribution in [0.1, 0.15) is 12.7 Å². The minimum Gasteiger partial charge on any atom is -0.486 e. The maximum Gasteiger partial charge on any atom is 0.258 e. The molecule has 0 fully saturated rings. The molecule has 2 aromatic rings. The molecule has 2 heterocycles. The van der Waals surface area contributed by atoms with Crippen molar-refractivity contribution in [2.45, 2.75) is 19.4 Å². The third kappa shape index (κ3) is 3.03. The number of hydrogen-bond donors (Lipinski definition) is 1. The highest BCUT2D eigenvalue weighted by Crippen LogP contribution is 2.40. The highest BCUT2D eigenvalue weighted by Gasteiger charge is 2.19. The van der Waals surface area contributed by atoms with Gasteiger partial charge in [-0.1, -0.05) is 5.16 Å². The van der Waals surface area contributed by atoms with E-state index in [-0.39, 0.29) is 0 Å². The van der Waals surface area contributed by atoms with Gasteiger partial charge in [-0.25, -0.2) is 0 Å². The van der Waals surface area contributed by atoms with Crippen molar-refractivity contribution in [2.75, 3.05) is 20.3 Å². The number of rotatable bonds is 4. The average molecular weight is 354 g/mol. The minimum absolute atomic E-state index is 0.294. The van der Waals surface area contributed by atoms with Gasteiger partial charge in [-0.3, -0.25) is 0 Å². The Hall–Kier alpha value is -1.60. The normalized spacial score (nSPS) is 15.0. The molecule has 0 radical (unpaired) electrons. The van der Waals surface area contributed by atoms with Crippen molar-refractivity contribution in [1.82, 2.24) is 15.5 Å². The summed E-state index contributed by atoms with van der Waals surface area (Å²) >= 11 is 3.48. The molecule has 112 valence electrons.